The predicted molar refractivity (Wildman–Crippen MR) is 91.5 cm³/mol. The van der Waals surface area contributed by atoms with Crippen molar-refractivity contribution in [3.63, 3.8) is 0 Å². The number of methoxy groups -OCH3 is 2. The van der Waals surface area contributed by atoms with Crippen molar-refractivity contribution in [2.45, 2.75) is 0 Å². The van der Waals surface area contributed by atoms with E-state index in [4.69, 9.17) is 18.9 Å². The first kappa shape index (κ1) is 16.2. The smallest absolute Gasteiger partial charge is 0.338 e. The van der Waals surface area contributed by atoms with Gasteiger partial charge in [-0.25, -0.2) is 4.79 Å². The van der Waals surface area contributed by atoms with E-state index in [9.17, 15) is 15.2 Å². The molecule has 0 atom stereocenters. The van der Waals surface area contributed by atoms with Gasteiger partial charge >= 0.3 is 5.97 Å². The predicted octanol–water partition coefficient (Wildman–Crippen LogP) is 3.10. The fourth-order valence-electron chi connectivity index (χ4n) is 3.22. The SMILES string of the molecule is COC(=O)c1cc2c(c3c1c(N(O)O)cc1ccc(OC)cc13)OCO2. The highest BCUT2D eigenvalue weighted by molar-refractivity contribution is 6.22. The van der Waals surface area contributed by atoms with Crippen LogP contribution in [0.2, 0.25) is 0 Å². The van der Waals surface area contributed by atoms with Crippen LogP contribution in [0.4, 0.5) is 5.69 Å². The lowest BCUT2D eigenvalue weighted by Crippen LogP contribution is -2.13. The molecule has 0 unspecified atom stereocenters. The van der Waals surface area contributed by atoms with Gasteiger partial charge in [0.15, 0.2) is 11.5 Å². The highest BCUT2D eigenvalue weighted by Crippen LogP contribution is 2.48. The van der Waals surface area contributed by atoms with Crippen molar-refractivity contribution in [3.05, 3.63) is 35.9 Å². The summed E-state index contributed by atoms with van der Waals surface area (Å²) in [4.78, 5) is 12.3. The molecule has 4 rings (SSSR count). The molecule has 134 valence electrons. The third-order valence-corrected chi connectivity index (χ3v) is 4.36. The number of hydrogen-bond donors (Lipinski definition) is 2. The third kappa shape index (κ3) is 2.27. The van der Waals surface area contributed by atoms with E-state index in [1.54, 1.807) is 31.4 Å². The highest BCUT2D eigenvalue weighted by atomic mass is 16.8. The van der Waals surface area contributed by atoms with E-state index >= 15 is 0 Å². The Bertz CT molecular complexity index is 1050. The molecule has 0 bridgehead atoms. The number of benzene rings is 3. The summed E-state index contributed by atoms with van der Waals surface area (Å²) in [7, 11) is 2.79. The normalized spacial score (nSPS) is 12.5. The first-order valence-corrected chi connectivity index (χ1v) is 7.68. The Kier molecular flexibility index (Phi) is 3.71. The van der Waals surface area contributed by atoms with Gasteiger partial charge in [-0.2, -0.15) is 0 Å². The Morgan fingerprint density at radius 3 is 2.62 bits per heavy atom. The average Bonchev–Trinajstić information content (AvgIpc) is 3.13. The van der Waals surface area contributed by atoms with E-state index in [1.165, 1.54) is 13.2 Å². The van der Waals surface area contributed by atoms with Gasteiger partial charge < -0.3 is 18.9 Å². The van der Waals surface area contributed by atoms with Gasteiger partial charge in [0.25, 0.3) is 0 Å². The van der Waals surface area contributed by atoms with Crippen molar-refractivity contribution < 1.29 is 34.2 Å². The molecule has 0 saturated heterocycles. The molecule has 26 heavy (non-hydrogen) atoms. The van der Waals surface area contributed by atoms with Gasteiger partial charge in [-0.15, -0.1) is 5.23 Å². The second-order valence-electron chi connectivity index (χ2n) is 5.67. The topological polar surface area (TPSA) is 97.7 Å². The molecule has 1 heterocycles. The van der Waals surface area contributed by atoms with Crippen LogP contribution in [0.25, 0.3) is 21.5 Å². The van der Waals surface area contributed by atoms with Gasteiger partial charge in [0, 0.05) is 10.8 Å². The Morgan fingerprint density at radius 1 is 1.12 bits per heavy atom. The largest absolute Gasteiger partial charge is 0.497 e. The molecule has 3 aromatic rings. The van der Waals surface area contributed by atoms with Crippen LogP contribution < -0.4 is 19.4 Å². The molecular weight excluding hydrogens is 342 g/mol. The maximum atomic E-state index is 12.3. The molecule has 0 fully saturated rings. The molecule has 1 aliphatic heterocycles. The van der Waals surface area contributed by atoms with E-state index in [1.807, 2.05) is 0 Å². The zero-order chi connectivity index (χ0) is 18.4. The lowest BCUT2D eigenvalue weighted by atomic mass is 9.95. The zero-order valence-corrected chi connectivity index (χ0v) is 14.0. The zero-order valence-electron chi connectivity index (χ0n) is 14.0. The molecule has 0 amide bonds. The fourth-order valence-corrected chi connectivity index (χ4v) is 3.22. The van der Waals surface area contributed by atoms with Crippen molar-refractivity contribution in [3.8, 4) is 17.2 Å². The van der Waals surface area contributed by atoms with Crippen molar-refractivity contribution >= 4 is 33.2 Å². The minimum Gasteiger partial charge on any atom is -0.497 e. The lowest BCUT2D eigenvalue weighted by molar-refractivity contribution is 0.0300. The van der Waals surface area contributed by atoms with Gasteiger partial charge in [-0.3, -0.25) is 10.4 Å². The van der Waals surface area contributed by atoms with Gasteiger partial charge in [-0.05, 0) is 35.0 Å². The molecule has 1 aliphatic rings. The van der Waals surface area contributed by atoms with Gasteiger partial charge in [-0.1, -0.05) is 6.07 Å². The number of esters is 1. The van der Waals surface area contributed by atoms with Crippen LogP contribution in [0.15, 0.2) is 30.3 Å². The fraction of sp³-hybridized carbons (Fsp3) is 0.167. The minimum absolute atomic E-state index is 0.00723. The Labute approximate surface area is 147 Å². The molecule has 0 aromatic heterocycles. The minimum atomic E-state index is -0.640. The number of carbonyl (C=O) groups is 1. The number of rotatable bonds is 3. The van der Waals surface area contributed by atoms with Crippen molar-refractivity contribution in [1.29, 1.82) is 0 Å². The number of ether oxygens (including phenoxy) is 4. The van der Waals surface area contributed by atoms with E-state index < -0.39 is 5.97 Å². The summed E-state index contributed by atoms with van der Waals surface area (Å²) >= 11 is 0. The second-order valence-corrected chi connectivity index (χ2v) is 5.67. The van der Waals surface area contributed by atoms with Crippen LogP contribution >= 0.6 is 0 Å². The molecule has 0 spiro atoms. The van der Waals surface area contributed by atoms with E-state index in [-0.39, 0.29) is 28.7 Å². The molecule has 0 radical (unpaired) electrons. The number of hydrogen-bond acceptors (Lipinski definition) is 8. The van der Waals surface area contributed by atoms with Crippen LogP contribution in [0.3, 0.4) is 0 Å². The van der Waals surface area contributed by atoms with Crippen LogP contribution in [0.5, 0.6) is 17.2 Å². The summed E-state index contributed by atoms with van der Waals surface area (Å²) < 4.78 is 21.2. The van der Waals surface area contributed by atoms with Crippen molar-refractivity contribution in [2.24, 2.45) is 0 Å². The average molecular weight is 357 g/mol. The number of anilines is 1. The summed E-state index contributed by atoms with van der Waals surface area (Å²) in [6, 6.07) is 8.32. The highest BCUT2D eigenvalue weighted by Gasteiger charge is 2.28. The second kappa shape index (κ2) is 5.94. The molecule has 0 saturated carbocycles. The van der Waals surface area contributed by atoms with Crippen LogP contribution in [-0.2, 0) is 4.74 Å². The summed E-state index contributed by atoms with van der Waals surface area (Å²) in [6.07, 6.45) is 0. The standard InChI is InChI=1S/C18H15NO7/c1-23-10-4-3-9-5-13(19(21)22)15-12(18(20)24-2)7-14-17(26-8-25-14)16(15)11(9)6-10/h3-7,21-22H,8H2,1-2H3. The summed E-state index contributed by atoms with van der Waals surface area (Å²) in [5.41, 5.74) is 0.135. The molecule has 8 heteroatoms. The van der Waals surface area contributed by atoms with Crippen molar-refractivity contribution in [1.82, 2.24) is 0 Å². The van der Waals surface area contributed by atoms with Gasteiger partial charge in [0.2, 0.25) is 6.79 Å². The number of fused-ring (bicyclic) bond motifs is 5. The van der Waals surface area contributed by atoms with Gasteiger partial charge in [0.1, 0.15) is 11.4 Å². The molecule has 0 aliphatic carbocycles. The Morgan fingerprint density at radius 2 is 1.92 bits per heavy atom. The summed E-state index contributed by atoms with van der Waals surface area (Å²) in [6.45, 7) is -0.00723. The first-order valence-electron chi connectivity index (χ1n) is 7.68. The Balaban J connectivity index is 2.26. The van der Waals surface area contributed by atoms with Crippen LogP contribution in [0, 0.1) is 0 Å². The van der Waals surface area contributed by atoms with E-state index in [0.717, 1.165) is 0 Å². The summed E-state index contributed by atoms with van der Waals surface area (Å²) in [5, 5.41) is 21.6. The molecule has 2 N–H and O–H groups in total. The molecule has 3 aromatic carbocycles. The number of nitrogens with zero attached hydrogens (tertiary/aromatic N) is 1. The summed E-state index contributed by atoms with van der Waals surface area (Å²) in [5.74, 6) is 0.752. The molecule has 8 nitrogen and oxygen atoms in total. The Hall–Kier alpha value is -3.23. The quantitative estimate of drug-likeness (QED) is 0.419. The van der Waals surface area contributed by atoms with E-state index in [0.29, 0.717) is 33.4 Å². The van der Waals surface area contributed by atoms with Crippen molar-refractivity contribution in [2.75, 3.05) is 26.2 Å². The number of carbonyl (C=O) groups excluding carboxylic acids is 1. The third-order valence-electron chi connectivity index (χ3n) is 4.36. The van der Waals surface area contributed by atoms with E-state index in [2.05, 4.69) is 0 Å². The van der Waals surface area contributed by atoms with Crippen LogP contribution in [-0.4, -0.2) is 37.4 Å². The monoisotopic (exact) mass is 357 g/mol. The lowest BCUT2D eigenvalue weighted by Gasteiger charge is -2.18. The van der Waals surface area contributed by atoms with Crippen LogP contribution in [0.1, 0.15) is 10.4 Å². The first-order chi connectivity index (χ1) is 12.5. The maximum Gasteiger partial charge on any atom is 0.338 e. The molecular formula is C18H15NO7. The maximum absolute atomic E-state index is 12.3. The van der Waals surface area contributed by atoms with Gasteiger partial charge in [0.05, 0.1) is 19.8 Å².